The van der Waals surface area contributed by atoms with Gasteiger partial charge in [0.2, 0.25) is 0 Å². The molecule has 1 rings (SSSR count). The second-order valence-corrected chi connectivity index (χ2v) is 5.37. The van der Waals surface area contributed by atoms with Crippen molar-refractivity contribution >= 4 is 5.97 Å². The number of likely N-dealkylation sites (tertiary alicyclic amines) is 1. The van der Waals surface area contributed by atoms with Crippen LogP contribution in [0, 0.1) is 0 Å². The van der Waals surface area contributed by atoms with Crippen LogP contribution in [-0.2, 0) is 14.3 Å². The van der Waals surface area contributed by atoms with Crippen molar-refractivity contribution in [3.05, 3.63) is 0 Å². The van der Waals surface area contributed by atoms with Gasteiger partial charge in [-0.05, 0) is 33.6 Å². The molecule has 0 aromatic rings. The monoisotopic (exact) mass is 245 g/mol. The molecule has 0 radical (unpaired) electrons. The fraction of sp³-hybridized carbons (Fsp3) is 0.917. The number of nitrogens with zero attached hydrogens (tertiary/aromatic N) is 1. The summed E-state index contributed by atoms with van der Waals surface area (Å²) >= 11 is 0. The SMILES string of the molecule is CC(C)(C)OC(=O)C(O)COCN1CCCC1. The summed E-state index contributed by atoms with van der Waals surface area (Å²) in [6.45, 7) is 7.82. The van der Waals surface area contributed by atoms with E-state index in [1.54, 1.807) is 20.8 Å². The van der Waals surface area contributed by atoms with Gasteiger partial charge in [0.25, 0.3) is 0 Å². The number of hydrogen-bond acceptors (Lipinski definition) is 5. The normalized spacial score (nSPS) is 19.3. The summed E-state index contributed by atoms with van der Waals surface area (Å²) in [6, 6.07) is 0. The van der Waals surface area contributed by atoms with E-state index in [4.69, 9.17) is 9.47 Å². The van der Waals surface area contributed by atoms with E-state index in [-0.39, 0.29) is 6.61 Å². The zero-order valence-electron chi connectivity index (χ0n) is 10.9. The summed E-state index contributed by atoms with van der Waals surface area (Å²) in [4.78, 5) is 13.6. The average Bonchev–Trinajstić information content (AvgIpc) is 2.67. The quantitative estimate of drug-likeness (QED) is 0.725. The van der Waals surface area contributed by atoms with Gasteiger partial charge in [-0.25, -0.2) is 4.79 Å². The molecule has 1 saturated heterocycles. The first-order valence-corrected chi connectivity index (χ1v) is 6.09. The topological polar surface area (TPSA) is 59.0 Å². The van der Waals surface area contributed by atoms with Gasteiger partial charge in [-0.15, -0.1) is 0 Å². The third-order valence-electron chi connectivity index (χ3n) is 2.43. The molecular weight excluding hydrogens is 222 g/mol. The van der Waals surface area contributed by atoms with E-state index in [1.165, 1.54) is 12.8 Å². The van der Waals surface area contributed by atoms with Crippen molar-refractivity contribution in [1.82, 2.24) is 4.90 Å². The fourth-order valence-electron chi connectivity index (χ4n) is 1.64. The minimum atomic E-state index is -1.20. The number of carbonyl (C=O) groups is 1. The number of hydrogen-bond donors (Lipinski definition) is 1. The molecule has 17 heavy (non-hydrogen) atoms. The van der Waals surface area contributed by atoms with Crippen LogP contribution in [0.25, 0.3) is 0 Å². The number of aliphatic hydroxyl groups excluding tert-OH is 1. The van der Waals surface area contributed by atoms with Gasteiger partial charge in [0.1, 0.15) is 5.60 Å². The lowest BCUT2D eigenvalue weighted by Gasteiger charge is -2.22. The summed E-state index contributed by atoms with van der Waals surface area (Å²) in [5, 5.41) is 9.54. The molecule has 0 saturated carbocycles. The first kappa shape index (κ1) is 14.4. The average molecular weight is 245 g/mol. The number of aliphatic hydroxyl groups is 1. The van der Waals surface area contributed by atoms with E-state index in [9.17, 15) is 9.90 Å². The Bertz CT molecular complexity index is 243. The van der Waals surface area contributed by atoms with Crippen LogP contribution in [0.1, 0.15) is 33.6 Å². The molecule has 0 bridgehead atoms. The maximum atomic E-state index is 11.4. The van der Waals surface area contributed by atoms with E-state index in [0.29, 0.717) is 6.73 Å². The highest BCUT2D eigenvalue weighted by Crippen LogP contribution is 2.09. The summed E-state index contributed by atoms with van der Waals surface area (Å²) in [5.74, 6) is -0.626. The van der Waals surface area contributed by atoms with Crippen molar-refractivity contribution in [2.75, 3.05) is 26.4 Å². The molecule has 1 unspecified atom stereocenters. The third kappa shape index (κ3) is 6.00. The minimum absolute atomic E-state index is 0.00852. The Morgan fingerprint density at radius 1 is 1.35 bits per heavy atom. The lowest BCUT2D eigenvalue weighted by atomic mass is 10.2. The first-order valence-electron chi connectivity index (χ1n) is 6.09. The fourth-order valence-corrected chi connectivity index (χ4v) is 1.64. The molecular formula is C12H23NO4. The number of esters is 1. The maximum absolute atomic E-state index is 11.4. The molecule has 1 aliphatic rings. The summed E-state index contributed by atoms with van der Waals surface area (Å²) < 4.78 is 10.3. The van der Waals surface area contributed by atoms with E-state index in [2.05, 4.69) is 4.90 Å². The second kappa shape index (κ2) is 6.33. The van der Waals surface area contributed by atoms with Crippen LogP contribution in [0.2, 0.25) is 0 Å². The van der Waals surface area contributed by atoms with Crippen molar-refractivity contribution in [2.24, 2.45) is 0 Å². The highest BCUT2D eigenvalue weighted by atomic mass is 16.6. The third-order valence-corrected chi connectivity index (χ3v) is 2.43. The molecule has 1 aliphatic heterocycles. The van der Waals surface area contributed by atoms with Gasteiger partial charge < -0.3 is 14.6 Å². The van der Waals surface area contributed by atoms with Crippen molar-refractivity contribution in [1.29, 1.82) is 0 Å². The summed E-state index contributed by atoms with van der Waals surface area (Å²) in [6.07, 6.45) is 1.19. The Balaban J connectivity index is 2.15. The Kier molecular flexibility index (Phi) is 5.36. The highest BCUT2D eigenvalue weighted by Gasteiger charge is 2.23. The molecule has 1 atom stereocenters. The van der Waals surface area contributed by atoms with Crippen LogP contribution < -0.4 is 0 Å². The molecule has 100 valence electrons. The zero-order chi connectivity index (χ0) is 12.9. The molecule has 0 spiro atoms. The van der Waals surface area contributed by atoms with Crippen LogP contribution in [0.15, 0.2) is 0 Å². The lowest BCUT2D eigenvalue weighted by Crippen LogP contribution is -2.35. The van der Waals surface area contributed by atoms with Crippen molar-refractivity contribution in [2.45, 2.75) is 45.3 Å². The van der Waals surface area contributed by atoms with Crippen molar-refractivity contribution in [3.63, 3.8) is 0 Å². The molecule has 1 heterocycles. The van der Waals surface area contributed by atoms with Crippen LogP contribution in [-0.4, -0.2) is 54.1 Å². The predicted molar refractivity (Wildman–Crippen MR) is 63.5 cm³/mol. The van der Waals surface area contributed by atoms with Crippen molar-refractivity contribution < 1.29 is 19.4 Å². The Labute approximate surface area is 103 Å². The molecule has 1 fully saturated rings. The Morgan fingerprint density at radius 3 is 2.47 bits per heavy atom. The zero-order valence-corrected chi connectivity index (χ0v) is 10.9. The predicted octanol–water partition coefficient (Wildman–Crippen LogP) is 0.759. The van der Waals surface area contributed by atoms with Gasteiger partial charge in [0.15, 0.2) is 6.10 Å². The summed E-state index contributed by atoms with van der Waals surface area (Å²) in [5.41, 5.74) is -0.576. The smallest absolute Gasteiger partial charge is 0.337 e. The molecule has 5 nitrogen and oxygen atoms in total. The number of ether oxygens (including phenoxy) is 2. The minimum Gasteiger partial charge on any atom is -0.458 e. The van der Waals surface area contributed by atoms with Crippen LogP contribution in [0.4, 0.5) is 0 Å². The number of carbonyl (C=O) groups excluding carboxylic acids is 1. The number of rotatable bonds is 5. The van der Waals surface area contributed by atoms with Crippen molar-refractivity contribution in [3.8, 4) is 0 Å². The van der Waals surface area contributed by atoms with Gasteiger partial charge in [-0.3, -0.25) is 4.90 Å². The van der Waals surface area contributed by atoms with Gasteiger partial charge in [-0.1, -0.05) is 0 Å². The largest absolute Gasteiger partial charge is 0.458 e. The van der Waals surface area contributed by atoms with Gasteiger partial charge in [0.05, 0.1) is 13.3 Å². The van der Waals surface area contributed by atoms with Gasteiger partial charge >= 0.3 is 5.97 Å². The van der Waals surface area contributed by atoms with E-state index in [1.807, 2.05) is 0 Å². The lowest BCUT2D eigenvalue weighted by molar-refractivity contribution is -0.169. The van der Waals surface area contributed by atoms with Crippen LogP contribution >= 0.6 is 0 Å². The molecule has 5 heteroatoms. The molecule has 1 N–H and O–H groups in total. The van der Waals surface area contributed by atoms with E-state index >= 15 is 0 Å². The summed E-state index contributed by atoms with van der Waals surface area (Å²) in [7, 11) is 0. The van der Waals surface area contributed by atoms with E-state index < -0.39 is 17.7 Å². The van der Waals surface area contributed by atoms with Crippen LogP contribution in [0.3, 0.4) is 0 Å². The van der Waals surface area contributed by atoms with E-state index in [0.717, 1.165) is 13.1 Å². The molecule has 0 aliphatic carbocycles. The van der Waals surface area contributed by atoms with Gasteiger partial charge in [0, 0.05) is 13.1 Å². The molecule has 0 aromatic carbocycles. The first-order chi connectivity index (χ1) is 7.88. The highest BCUT2D eigenvalue weighted by molar-refractivity contribution is 5.74. The Hall–Kier alpha value is -0.650. The van der Waals surface area contributed by atoms with Crippen LogP contribution in [0.5, 0.6) is 0 Å². The van der Waals surface area contributed by atoms with Gasteiger partial charge in [-0.2, -0.15) is 0 Å². The maximum Gasteiger partial charge on any atom is 0.337 e. The Morgan fingerprint density at radius 2 is 1.94 bits per heavy atom. The standard InChI is InChI=1S/C12H23NO4/c1-12(2,3)17-11(15)10(14)8-16-9-13-6-4-5-7-13/h10,14H,4-9H2,1-3H3. The molecule has 0 aromatic heterocycles. The second-order valence-electron chi connectivity index (χ2n) is 5.37. The molecule has 0 amide bonds.